The van der Waals surface area contributed by atoms with Gasteiger partial charge in [-0.1, -0.05) is 19.4 Å². The molecule has 0 spiro atoms. The lowest BCUT2D eigenvalue weighted by Gasteiger charge is -2.34. The van der Waals surface area contributed by atoms with Crippen LogP contribution in [0.2, 0.25) is 0 Å². The fraction of sp³-hybridized carbons (Fsp3) is 0.625. The van der Waals surface area contributed by atoms with Crippen molar-refractivity contribution < 1.29 is 14.7 Å². The molecule has 2 heterocycles. The van der Waals surface area contributed by atoms with Gasteiger partial charge in [-0.15, -0.1) is 11.3 Å². The number of hydrogen-bond donors (Lipinski definition) is 2. The normalized spacial score (nSPS) is 19.7. The summed E-state index contributed by atoms with van der Waals surface area (Å²) in [5.74, 6) is -0.219. The first-order valence-electron chi connectivity index (χ1n) is 7.93. The van der Waals surface area contributed by atoms with Gasteiger partial charge < -0.3 is 15.3 Å². The summed E-state index contributed by atoms with van der Waals surface area (Å²) in [4.78, 5) is 27.3. The lowest BCUT2D eigenvalue weighted by atomic mass is 10.0. The number of nitrogens with one attached hydrogen (secondary N) is 1. The molecular formula is C16H24N2O3S. The van der Waals surface area contributed by atoms with Gasteiger partial charge in [-0.2, -0.15) is 0 Å². The molecule has 1 aliphatic rings. The molecule has 22 heavy (non-hydrogen) atoms. The average Bonchev–Trinajstić information content (AvgIpc) is 3.06. The van der Waals surface area contributed by atoms with Crippen molar-refractivity contribution in [2.24, 2.45) is 0 Å². The molecule has 0 radical (unpaired) electrons. The number of carbonyl (C=O) groups excluding carboxylic acids is 2. The largest absolute Gasteiger partial charge is 0.391 e. The summed E-state index contributed by atoms with van der Waals surface area (Å²) >= 11 is 1.40. The topological polar surface area (TPSA) is 69.6 Å². The summed E-state index contributed by atoms with van der Waals surface area (Å²) in [6.07, 6.45) is 3.60. The third-order valence-electron chi connectivity index (χ3n) is 3.93. The van der Waals surface area contributed by atoms with Crippen molar-refractivity contribution >= 4 is 23.2 Å². The van der Waals surface area contributed by atoms with Crippen LogP contribution in [0.25, 0.3) is 0 Å². The number of aliphatic hydroxyl groups is 1. The molecule has 1 aliphatic heterocycles. The number of aliphatic hydroxyl groups excluding tert-OH is 1. The van der Waals surface area contributed by atoms with Gasteiger partial charge in [0.2, 0.25) is 5.91 Å². The van der Waals surface area contributed by atoms with Gasteiger partial charge >= 0.3 is 0 Å². The standard InChI is InChI=1S/C16H24N2O3S/c1-2-6-12(19)11-17-15(20)13-7-3-4-9-18(13)16(21)14-8-5-10-22-14/h5,8,10,12-13,19H,2-4,6-7,9,11H2,1H3,(H,17,20). The summed E-state index contributed by atoms with van der Waals surface area (Å²) in [6.45, 7) is 2.87. The van der Waals surface area contributed by atoms with Crippen molar-refractivity contribution in [3.05, 3.63) is 22.4 Å². The van der Waals surface area contributed by atoms with Gasteiger partial charge in [0.05, 0.1) is 11.0 Å². The maximum atomic E-state index is 12.5. The molecule has 1 aromatic rings. The molecule has 2 N–H and O–H groups in total. The lowest BCUT2D eigenvalue weighted by Crippen LogP contribution is -2.52. The molecule has 5 nitrogen and oxygen atoms in total. The third-order valence-corrected chi connectivity index (χ3v) is 4.79. The minimum absolute atomic E-state index is 0.0658. The van der Waals surface area contributed by atoms with E-state index in [0.717, 1.165) is 19.3 Å². The van der Waals surface area contributed by atoms with Gasteiger partial charge in [0, 0.05) is 13.1 Å². The van der Waals surface area contributed by atoms with E-state index in [0.29, 0.717) is 24.3 Å². The summed E-state index contributed by atoms with van der Waals surface area (Å²) in [5.41, 5.74) is 0. The molecule has 2 unspecified atom stereocenters. The number of amides is 2. The second kappa shape index (κ2) is 8.29. The van der Waals surface area contributed by atoms with Crippen molar-refractivity contribution in [2.75, 3.05) is 13.1 Å². The number of likely N-dealkylation sites (tertiary alicyclic amines) is 1. The average molecular weight is 324 g/mol. The number of nitrogens with zero attached hydrogens (tertiary/aromatic N) is 1. The van der Waals surface area contributed by atoms with Crippen molar-refractivity contribution in [1.82, 2.24) is 10.2 Å². The molecule has 1 fully saturated rings. The van der Waals surface area contributed by atoms with Crippen LogP contribution in [0, 0.1) is 0 Å². The van der Waals surface area contributed by atoms with Gasteiger partial charge in [-0.25, -0.2) is 0 Å². The molecule has 1 aromatic heterocycles. The molecule has 2 rings (SSSR count). The lowest BCUT2D eigenvalue weighted by molar-refractivity contribution is -0.127. The van der Waals surface area contributed by atoms with Crippen LogP contribution in [-0.2, 0) is 4.79 Å². The zero-order valence-electron chi connectivity index (χ0n) is 13.0. The minimum atomic E-state index is -0.515. The Hall–Kier alpha value is -1.40. The number of piperidine rings is 1. The summed E-state index contributed by atoms with van der Waals surface area (Å²) in [5, 5.41) is 14.4. The number of hydrogen-bond acceptors (Lipinski definition) is 4. The van der Waals surface area contributed by atoms with Gasteiger partial charge in [0.1, 0.15) is 6.04 Å². The quantitative estimate of drug-likeness (QED) is 0.841. The van der Waals surface area contributed by atoms with Gasteiger partial charge in [-0.3, -0.25) is 9.59 Å². The van der Waals surface area contributed by atoms with Gasteiger partial charge in [0.15, 0.2) is 0 Å². The molecule has 1 saturated heterocycles. The molecule has 0 bridgehead atoms. The highest BCUT2D eigenvalue weighted by Gasteiger charge is 2.32. The Morgan fingerprint density at radius 2 is 2.32 bits per heavy atom. The van der Waals surface area contributed by atoms with E-state index in [9.17, 15) is 14.7 Å². The second-order valence-corrected chi connectivity index (χ2v) is 6.62. The molecule has 2 atom stereocenters. The molecule has 2 amide bonds. The fourth-order valence-electron chi connectivity index (χ4n) is 2.76. The van der Waals surface area contributed by atoms with E-state index in [2.05, 4.69) is 5.32 Å². The van der Waals surface area contributed by atoms with E-state index in [-0.39, 0.29) is 18.4 Å². The molecule has 122 valence electrons. The van der Waals surface area contributed by atoms with Crippen LogP contribution in [0.5, 0.6) is 0 Å². The van der Waals surface area contributed by atoms with Crippen molar-refractivity contribution in [2.45, 2.75) is 51.2 Å². The molecule has 0 aliphatic carbocycles. The molecule has 6 heteroatoms. The van der Waals surface area contributed by atoms with Crippen LogP contribution in [0.3, 0.4) is 0 Å². The third kappa shape index (κ3) is 4.30. The second-order valence-electron chi connectivity index (χ2n) is 5.68. The van der Waals surface area contributed by atoms with Gasteiger partial charge in [-0.05, 0) is 37.1 Å². The Balaban J connectivity index is 1.97. The van der Waals surface area contributed by atoms with E-state index >= 15 is 0 Å². The highest BCUT2D eigenvalue weighted by atomic mass is 32.1. The Kier molecular flexibility index (Phi) is 6.39. The van der Waals surface area contributed by atoms with Crippen molar-refractivity contribution in [1.29, 1.82) is 0 Å². The predicted octanol–water partition coefficient (Wildman–Crippen LogP) is 2.02. The van der Waals surface area contributed by atoms with Crippen LogP contribution >= 0.6 is 11.3 Å². The molecule has 0 saturated carbocycles. The van der Waals surface area contributed by atoms with E-state index in [4.69, 9.17) is 0 Å². The van der Waals surface area contributed by atoms with Crippen LogP contribution in [0.15, 0.2) is 17.5 Å². The first-order chi connectivity index (χ1) is 10.6. The zero-order valence-corrected chi connectivity index (χ0v) is 13.8. The van der Waals surface area contributed by atoms with Crippen LogP contribution in [0.1, 0.15) is 48.7 Å². The van der Waals surface area contributed by atoms with E-state index < -0.39 is 12.1 Å². The fourth-order valence-corrected chi connectivity index (χ4v) is 3.44. The highest BCUT2D eigenvalue weighted by molar-refractivity contribution is 7.12. The molecular weight excluding hydrogens is 300 g/mol. The van der Waals surface area contributed by atoms with Gasteiger partial charge in [0.25, 0.3) is 5.91 Å². The monoisotopic (exact) mass is 324 g/mol. The summed E-state index contributed by atoms with van der Waals surface area (Å²) < 4.78 is 0. The number of rotatable bonds is 6. The van der Waals surface area contributed by atoms with E-state index in [1.807, 2.05) is 18.4 Å². The number of thiophene rings is 1. The SMILES string of the molecule is CCCC(O)CNC(=O)C1CCCCN1C(=O)c1cccs1. The first kappa shape index (κ1) is 17.0. The minimum Gasteiger partial charge on any atom is -0.391 e. The number of carbonyl (C=O) groups is 2. The maximum absolute atomic E-state index is 12.5. The Labute approximate surface area is 135 Å². The zero-order chi connectivity index (χ0) is 15.9. The Morgan fingerprint density at radius 3 is 3.00 bits per heavy atom. The maximum Gasteiger partial charge on any atom is 0.264 e. The van der Waals surface area contributed by atoms with Crippen molar-refractivity contribution in [3.8, 4) is 0 Å². The summed E-state index contributed by atoms with van der Waals surface area (Å²) in [7, 11) is 0. The molecule has 0 aromatic carbocycles. The highest BCUT2D eigenvalue weighted by Crippen LogP contribution is 2.21. The van der Waals surface area contributed by atoms with E-state index in [1.54, 1.807) is 11.0 Å². The van der Waals surface area contributed by atoms with E-state index in [1.165, 1.54) is 11.3 Å². The smallest absolute Gasteiger partial charge is 0.264 e. The van der Waals surface area contributed by atoms with Crippen LogP contribution < -0.4 is 5.32 Å². The predicted molar refractivity (Wildman–Crippen MR) is 86.9 cm³/mol. The van der Waals surface area contributed by atoms with Crippen LogP contribution in [-0.4, -0.2) is 47.1 Å². The van der Waals surface area contributed by atoms with Crippen LogP contribution in [0.4, 0.5) is 0 Å². The Morgan fingerprint density at radius 1 is 1.50 bits per heavy atom. The summed E-state index contributed by atoms with van der Waals surface area (Å²) in [6, 6.07) is 3.22. The Bertz CT molecular complexity index is 490. The first-order valence-corrected chi connectivity index (χ1v) is 8.81. The van der Waals surface area contributed by atoms with Crippen molar-refractivity contribution in [3.63, 3.8) is 0 Å².